The van der Waals surface area contributed by atoms with Crippen LogP contribution in [0.5, 0.6) is 0 Å². The van der Waals surface area contributed by atoms with Crippen LogP contribution in [0.15, 0.2) is 109 Å². The Morgan fingerprint density at radius 1 is 0.548 bits per heavy atom. The Morgan fingerprint density at radius 3 is 1.48 bits per heavy atom. The second kappa shape index (κ2) is 16.8. The van der Waals surface area contributed by atoms with E-state index in [9.17, 15) is 0 Å². The summed E-state index contributed by atoms with van der Waals surface area (Å²) < 4.78 is 0. The molecular weight excluding hydrogens is 647 g/mol. The predicted octanol–water partition coefficient (Wildman–Crippen LogP) is 11.9. The van der Waals surface area contributed by atoms with Gasteiger partial charge in [0, 0.05) is 0 Å². The number of hydrogen-bond acceptors (Lipinski definition) is 0. The van der Waals surface area contributed by atoms with Gasteiger partial charge in [-0.15, -0.1) is 111 Å². The number of rotatable bonds is 1. The molecule has 0 bridgehead atoms. The zero-order valence-electron chi connectivity index (χ0n) is 26.2. The van der Waals surface area contributed by atoms with Crippen LogP contribution >= 0.6 is 24.8 Å². The Kier molecular flexibility index (Phi) is 16.0. The van der Waals surface area contributed by atoms with E-state index in [0.717, 1.165) is 0 Å². The van der Waals surface area contributed by atoms with E-state index in [4.69, 9.17) is 0 Å². The van der Waals surface area contributed by atoms with Crippen LogP contribution in [0.4, 0.5) is 0 Å². The van der Waals surface area contributed by atoms with E-state index in [2.05, 4.69) is 158 Å². The Morgan fingerprint density at radius 2 is 1.00 bits per heavy atom. The van der Waals surface area contributed by atoms with Crippen molar-refractivity contribution in [3.05, 3.63) is 135 Å². The maximum atomic E-state index is 3.06. The first kappa shape index (κ1) is 40.0. The monoisotopic (exact) mass is 688 g/mol. The maximum Gasteiger partial charge on any atom is -0.0623 e. The summed E-state index contributed by atoms with van der Waals surface area (Å²) in [7, 11) is 0. The largest absolute Gasteiger partial charge is 0.150 e. The molecule has 0 aliphatic rings. The van der Waals surface area contributed by atoms with E-state index in [-0.39, 0.29) is 50.5 Å². The van der Waals surface area contributed by atoms with Gasteiger partial charge in [0.25, 0.3) is 0 Å². The van der Waals surface area contributed by atoms with Gasteiger partial charge in [-0.3, -0.25) is 0 Å². The van der Waals surface area contributed by atoms with Crippen molar-refractivity contribution in [3.63, 3.8) is 0 Å². The van der Waals surface area contributed by atoms with E-state index in [1.807, 2.05) is 0 Å². The molecule has 0 nitrogen and oxygen atoms in total. The first-order chi connectivity index (χ1) is 18.1. The molecule has 6 aromatic carbocycles. The fourth-order valence-electron chi connectivity index (χ4n) is 4.98. The summed E-state index contributed by atoms with van der Waals surface area (Å²) in [5, 5.41) is 8.13. The van der Waals surface area contributed by atoms with Gasteiger partial charge in [0.1, 0.15) is 0 Å². The molecule has 0 atom stereocenters. The van der Waals surface area contributed by atoms with Crippen LogP contribution in [0.3, 0.4) is 0 Å². The van der Waals surface area contributed by atoms with Gasteiger partial charge in [-0.1, -0.05) is 119 Å². The third kappa shape index (κ3) is 9.03. The zero-order chi connectivity index (χ0) is 27.5. The van der Waals surface area contributed by atoms with Gasteiger partial charge in [-0.25, -0.2) is 0 Å². The molecule has 0 saturated carbocycles. The van der Waals surface area contributed by atoms with Crippen molar-refractivity contribution in [2.24, 2.45) is 0 Å². The molecule has 0 unspecified atom stereocenters. The van der Waals surface area contributed by atoms with Gasteiger partial charge in [-0.05, 0) is 10.8 Å². The number of halogens is 2. The van der Waals surface area contributed by atoms with Gasteiger partial charge in [0.2, 0.25) is 0 Å². The quantitative estimate of drug-likeness (QED) is 0.119. The van der Waals surface area contributed by atoms with Crippen molar-refractivity contribution in [3.8, 4) is 11.1 Å². The van der Waals surface area contributed by atoms with Crippen molar-refractivity contribution >= 4 is 64.0 Å². The molecule has 0 saturated heterocycles. The van der Waals surface area contributed by atoms with Crippen LogP contribution in [0.2, 0.25) is 0 Å². The number of hydrogen-bond donors (Lipinski definition) is 0. The molecular formula is C38H44Cl2SiZr-4. The Labute approximate surface area is 284 Å². The number of fused-ring (bicyclic) bond motifs is 4. The van der Waals surface area contributed by atoms with Crippen molar-refractivity contribution < 1.29 is 23.3 Å². The van der Waals surface area contributed by atoms with E-state index < -0.39 is 0 Å². The molecule has 0 aliphatic carbocycles. The van der Waals surface area contributed by atoms with Gasteiger partial charge < -0.3 is 14.9 Å². The molecule has 0 heterocycles. The minimum atomic E-state index is 0. The first-order valence-electron chi connectivity index (χ1n) is 13.2. The molecule has 0 aromatic heterocycles. The second-order valence-corrected chi connectivity index (χ2v) is 11.9. The van der Waals surface area contributed by atoms with E-state index in [1.165, 1.54) is 77.9 Å². The predicted molar refractivity (Wildman–Crippen MR) is 193 cm³/mol. The summed E-state index contributed by atoms with van der Waals surface area (Å²) in [4.78, 5) is 0. The topological polar surface area (TPSA) is 0 Å². The zero-order valence-corrected chi connectivity index (χ0v) is 31.3. The van der Waals surface area contributed by atoms with Crippen molar-refractivity contribution in [1.82, 2.24) is 0 Å². The minimum absolute atomic E-state index is 0. The maximum absolute atomic E-state index is 3.06. The van der Waals surface area contributed by atoms with E-state index >= 15 is 0 Å². The molecule has 0 fully saturated rings. The fraction of sp³-hybridized carbons (Fsp3) is 0.211. The molecule has 4 heteroatoms. The summed E-state index contributed by atoms with van der Waals surface area (Å²) in [6.07, 6.45) is 0. The Balaban J connectivity index is 0.000000717. The molecule has 0 spiro atoms. The van der Waals surface area contributed by atoms with Gasteiger partial charge >= 0.3 is 30.2 Å². The van der Waals surface area contributed by atoms with Gasteiger partial charge in [-0.2, -0.15) is 0 Å². The second-order valence-electron chi connectivity index (χ2n) is 11.9. The molecule has 42 heavy (non-hydrogen) atoms. The van der Waals surface area contributed by atoms with Crippen LogP contribution in [0.25, 0.3) is 43.4 Å². The van der Waals surface area contributed by atoms with Crippen molar-refractivity contribution in [1.29, 1.82) is 0 Å². The van der Waals surface area contributed by atoms with Crippen LogP contribution in [-0.2, 0) is 34.2 Å². The average Bonchev–Trinajstić information content (AvgIpc) is 3.50. The van der Waals surface area contributed by atoms with Crippen molar-refractivity contribution in [2.75, 3.05) is 0 Å². The third-order valence-electron chi connectivity index (χ3n) is 7.20. The summed E-state index contributed by atoms with van der Waals surface area (Å²) in [5.74, 6) is 0. The van der Waals surface area contributed by atoms with Gasteiger partial charge in [0.15, 0.2) is 0 Å². The van der Waals surface area contributed by atoms with Gasteiger partial charge in [0.05, 0.1) is 0 Å². The summed E-state index contributed by atoms with van der Waals surface area (Å²) >= 11 is 1.36. The average molecular weight is 691 g/mol. The van der Waals surface area contributed by atoms with Crippen molar-refractivity contribution in [2.45, 2.75) is 52.4 Å². The van der Waals surface area contributed by atoms with Crippen LogP contribution in [0, 0.1) is 14.9 Å². The SMILES string of the molecule is CC(C)(C)c1ccc2c(c1)[cH-]c1cc(C(C)(C)C)ccc12.Cl.Cl.[CH3-].[CH3-].[Si]=[Zr].c1ccc(-c2c[cH-]c3ccccc23)cc1. The Hall–Kier alpha value is -1.96. The molecule has 6 rings (SSSR count). The molecule has 6 aromatic rings. The Bertz CT molecular complexity index is 1600. The first-order valence-corrected chi connectivity index (χ1v) is 17.4. The molecule has 0 amide bonds. The normalized spacial score (nSPS) is 10.5. The molecule has 2 radical (unpaired) electrons. The smallest absolute Gasteiger partial charge is 0.0623 e. The summed E-state index contributed by atoms with van der Waals surface area (Å²) in [5.41, 5.74) is 5.83. The van der Waals surface area contributed by atoms with Crippen LogP contribution in [0.1, 0.15) is 52.7 Å². The standard InChI is InChI=1S/C21H25.C15H11.2CH3.2ClH.Si.Zr/c1-20(2,3)16-7-9-18-14(12-16)11-15-13-17(21(4,5)6)8-10-19(15)18;1-2-6-12(7-3-1)15-11-10-13-8-4-5-9-14(13)15;;;;;;/h7-13H,1-6H3;1-11H;2*1H3;2*1H;;/q4*-1;;;;. The fourth-order valence-corrected chi connectivity index (χ4v) is 4.98. The third-order valence-corrected chi connectivity index (χ3v) is 7.20. The molecule has 222 valence electrons. The molecule has 0 aliphatic heterocycles. The van der Waals surface area contributed by atoms with E-state index in [1.54, 1.807) is 0 Å². The molecule has 0 N–H and O–H groups in total. The number of benzene rings is 4. The van der Waals surface area contributed by atoms with E-state index in [0.29, 0.717) is 0 Å². The summed E-state index contributed by atoms with van der Waals surface area (Å²) in [6.45, 7) is 16.7. The summed E-state index contributed by atoms with van der Waals surface area (Å²) in [6, 6.07) is 39.6. The van der Waals surface area contributed by atoms with Crippen LogP contribution in [-0.4, -0.2) is 6.88 Å². The minimum Gasteiger partial charge on any atom is -0.150 e. The van der Waals surface area contributed by atoms with Crippen LogP contribution < -0.4 is 0 Å².